The second kappa shape index (κ2) is 5.09. The van der Waals surface area contributed by atoms with Gasteiger partial charge in [-0.1, -0.05) is 29.8 Å². The minimum Gasteiger partial charge on any atom is -0.211 e. The normalized spacial score (nSPS) is 11.7. The third-order valence-corrected chi connectivity index (χ3v) is 4.17. The standard InChI is InChI=1S/C10H14BrNO2S/c1-3-8-7-9(11)5-6-10(8)15(13,14)12-4-2/h5-7,12H,3-4H2,1-2H3. The fourth-order valence-corrected chi connectivity index (χ4v) is 3.09. The minimum absolute atomic E-state index is 0.370. The van der Waals surface area contributed by atoms with Crippen molar-refractivity contribution in [3.05, 3.63) is 28.2 Å². The second-order valence-electron chi connectivity index (χ2n) is 3.11. The highest BCUT2D eigenvalue weighted by molar-refractivity contribution is 9.10. The van der Waals surface area contributed by atoms with Gasteiger partial charge in [-0.3, -0.25) is 0 Å². The predicted molar refractivity (Wildman–Crippen MR) is 64.4 cm³/mol. The van der Waals surface area contributed by atoms with Gasteiger partial charge in [0, 0.05) is 11.0 Å². The lowest BCUT2D eigenvalue weighted by atomic mass is 10.2. The molecule has 1 aromatic rings. The predicted octanol–water partition coefficient (Wildman–Crippen LogP) is 2.31. The van der Waals surface area contributed by atoms with Crippen molar-refractivity contribution in [2.24, 2.45) is 0 Å². The number of hydrogen-bond donors (Lipinski definition) is 1. The van der Waals surface area contributed by atoms with Crippen LogP contribution in [-0.4, -0.2) is 15.0 Å². The Labute approximate surface area is 99.1 Å². The average molecular weight is 292 g/mol. The summed E-state index contributed by atoms with van der Waals surface area (Å²) >= 11 is 3.33. The quantitative estimate of drug-likeness (QED) is 0.925. The van der Waals surface area contributed by atoms with Crippen LogP contribution in [0.3, 0.4) is 0 Å². The van der Waals surface area contributed by atoms with E-state index in [2.05, 4.69) is 20.7 Å². The van der Waals surface area contributed by atoms with E-state index in [-0.39, 0.29) is 0 Å². The molecule has 1 rings (SSSR count). The fourth-order valence-electron chi connectivity index (χ4n) is 1.35. The van der Waals surface area contributed by atoms with E-state index in [4.69, 9.17) is 0 Å². The van der Waals surface area contributed by atoms with Gasteiger partial charge in [-0.25, -0.2) is 13.1 Å². The van der Waals surface area contributed by atoms with Crippen molar-refractivity contribution in [1.82, 2.24) is 4.72 Å². The molecular weight excluding hydrogens is 278 g/mol. The SMILES string of the molecule is CCNS(=O)(=O)c1ccc(Br)cc1CC. The van der Waals surface area contributed by atoms with Crippen LogP contribution in [-0.2, 0) is 16.4 Å². The zero-order valence-electron chi connectivity index (χ0n) is 8.75. The maximum Gasteiger partial charge on any atom is 0.240 e. The van der Waals surface area contributed by atoms with Crippen molar-refractivity contribution in [3.63, 3.8) is 0 Å². The molecule has 0 saturated heterocycles. The molecule has 0 radical (unpaired) electrons. The summed E-state index contributed by atoms with van der Waals surface area (Å²) in [6.45, 7) is 4.11. The van der Waals surface area contributed by atoms with Crippen molar-refractivity contribution >= 4 is 26.0 Å². The van der Waals surface area contributed by atoms with Gasteiger partial charge in [0.25, 0.3) is 0 Å². The molecular formula is C10H14BrNO2S. The van der Waals surface area contributed by atoms with E-state index in [1.165, 1.54) is 0 Å². The molecule has 0 saturated carbocycles. The van der Waals surface area contributed by atoms with Crippen LogP contribution in [0.2, 0.25) is 0 Å². The summed E-state index contributed by atoms with van der Waals surface area (Å²) in [5.74, 6) is 0. The molecule has 1 N–H and O–H groups in total. The van der Waals surface area contributed by atoms with Crippen LogP contribution in [0.25, 0.3) is 0 Å². The third-order valence-electron chi connectivity index (χ3n) is 2.03. The highest BCUT2D eigenvalue weighted by Crippen LogP contribution is 2.21. The first-order valence-corrected chi connectivity index (χ1v) is 7.07. The molecule has 0 aliphatic rings. The Morgan fingerprint density at radius 1 is 1.33 bits per heavy atom. The Morgan fingerprint density at radius 3 is 2.53 bits per heavy atom. The lowest BCUT2D eigenvalue weighted by Crippen LogP contribution is -2.24. The molecule has 0 aromatic heterocycles. The van der Waals surface area contributed by atoms with Crippen molar-refractivity contribution in [2.45, 2.75) is 25.2 Å². The first-order chi connectivity index (χ1) is 7.01. The van der Waals surface area contributed by atoms with Crippen LogP contribution in [0.5, 0.6) is 0 Å². The topological polar surface area (TPSA) is 46.2 Å². The summed E-state index contributed by atoms with van der Waals surface area (Å²) in [7, 11) is -3.34. The summed E-state index contributed by atoms with van der Waals surface area (Å²) < 4.78 is 27.0. The van der Waals surface area contributed by atoms with Gasteiger partial charge in [0.2, 0.25) is 10.0 Å². The molecule has 84 valence electrons. The first-order valence-electron chi connectivity index (χ1n) is 4.79. The number of aryl methyl sites for hydroxylation is 1. The second-order valence-corrected chi connectivity index (χ2v) is 5.76. The van der Waals surface area contributed by atoms with Gasteiger partial charge in [0.05, 0.1) is 4.90 Å². The zero-order chi connectivity index (χ0) is 11.5. The van der Waals surface area contributed by atoms with Crippen LogP contribution >= 0.6 is 15.9 Å². The van der Waals surface area contributed by atoms with Crippen LogP contribution in [0, 0.1) is 0 Å². The Kier molecular flexibility index (Phi) is 4.31. The molecule has 1 aromatic carbocycles. The van der Waals surface area contributed by atoms with E-state index in [0.29, 0.717) is 17.9 Å². The van der Waals surface area contributed by atoms with Crippen molar-refractivity contribution < 1.29 is 8.42 Å². The minimum atomic E-state index is -3.34. The van der Waals surface area contributed by atoms with Gasteiger partial charge in [-0.2, -0.15) is 0 Å². The molecule has 0 spiro atoms. The number of nitrogens with one attached hydrogen (secondary N) is 1. The van der Waals surface area contributed by atoms with Gasteiger partial charge >= 0.3 is 0 Å². The summed E-state index contributed by atoms with van der Waals surface area (Å²) in [5, 5.41) is 0. The average Bonchev–Trinajstić information content (AvgIpc) is 2.17. The van der Waals surface area contributed by atoms with Crippen LogP contribution in [0.4, 0.5) is 0 Å². The Bertz CT molecular complexity index is 443. The highest BCUT2D eigenvalue weighted by atomic mass is 79.9. The van der Waals surface area contributed by atoms with Crippen LogP contribution in [0.15, 0.2) is 27.6 Å². The number of rotatable bonds is 4. The smallest absolute Gasteiger partial charge is 0.211 e. The van der Waals surface area contributed by atoms with Gasteiger partial charge in [0.1, 0.15) is 0 Å². The van der Waals surface area contributed by atoms with Crippen molar-refractivity contribution in [1.29, 1.82) is 0 Å². The molecule has 5 heteroatoms. The molecule has 0 bridgehead atoms. The summed E-state index contributed by atoms with van der Waals surface area (Å²) in [6, 6.07) is 5.20. The van der Waals surface area contributed by atoms with E-state index in [0.717, 1.165) is 10.0 Å². The maximum absolute atomic E-state index is 11.8. The molecule has 0 aliphatic carbocycles. The Morgan fingerprint density at radius 2 is 2.00 bits per heavy atom. The van der Waals surface area contributed by atoms with E-state index in [9.17, 15) is 8.42 Å². The van der Waals surface area contributed by atoms with Crippen LogP contribution in [0.1, 0.15) is 19.4 Å². The van der Waals surface area contributed by atoms with Crippen molar-refractivity contribution in [2.75, 3.05) is 6.54 Å². The highest BCUT2D eigenvalue weighted by Gasteiger charge is 2.16. The molecule has 0 unspecified atom stereocenters. The fraction of sp³-hybridized carbons (Fsp3) is 0.400. The number of hydrogen-bond acceptors (Lipinski definition) is 2. The number of sulfonamides is 1. The number of benzene rings is 1. The van der Waals surface area contributed by atoms with E-state index < -0.39 is 10.0 Å². The molecule has 0 amide bonds. The maximum atomic E-state index is 11.8. The van der Waals surface area contributed by atoms with Gasteiger partial charge in [0.15, 0.2) is 0 Å². The van der Waals surface area contributed by atoms with E-state index in [1.54, 1.807) is 19.1 Å². The molecule has 0 aliphatic heterocycles. The monoisotopic (exact) mass is 291 g/mol. The zero-order valence-corrected chi connectivity index (χ0v) is 11.2. The third kappa shape index (κ3) is 3.03. The van der Waals surface area contributed by atoms with Gasteiger partial charge < -0.3 is 0 Å². The largest absolute Gasteiger partial charge is 0.240 e. The summed E-state index contributed by atoms with van der Waals surface area (Å²) in [6.07, 6.45) is 0.694. The van der Waals surface area contributed by atoms with Crippen molar-refractivity contribution in [3.8, 4) is 0 Å². The Balaban J connectivity index is 3.25. The number of halogens is 1. The molecule has 0 fully saturated rings. The van der Waals surface area contributed by atoms with Crippen LogP contribution < -0.4 is 4.72 Å². The summed E-state index contributed by atoms with van der Waals surface area (Å²) in [5.41, 5.74) is 0.824. The first kappa shape index (κ1) is 12.7. The lowest BCUT2D eigenvalue weighted by Gasteiger charge is -2.09. The molecule has 0 atom stereocenters. The Hall–Kier alpha value is -0.390. The van der Waals surface area contributed by atoms with E-state index in [1.807, 2.05) is 13.0 Å². The molecule has 15 heavy (non-hydrogen) atoms. The van der Waals surface area contributed by atoms with Gasteiger partial charge in [-0.15, -0.1) is 0 Å². The lowest BCUT2D eigenvalue weighted by molar-refractivity contribution is 0.583. The summed E-state index contributed by atoms with van der Waals surface area (Å²) in [4.78, 5) is 0.370. The van der Waals surface area contributed by atoms with Gasteiger partial charge in [-0.05, 0) is 30.2 Å². The molecule has 0 heterocycles. The molecule has 3 nitrogen and oxygen atoms in total. The van der Waals surface area contributed by atoms with E-state index >= 15 is 0 Å².